The molecule has 0 atom stereocenters. The monoisotopic (exact) mass is 160 g/mol. The molecule has 10 heavy (non-hydrogen) atoms. The van der Waals surface area contributed by atoms with Crippen molar-refractivity contribution in [1.82, 2.24) is 0 Å². The minimum absolute atomic E-state index is 0.670. The van der Waals surface area contributed by atoms with E-state index >= 15 is 0 Å². The molecule has 0 aromatic carbocycles. The van der Waals surface area contributed by atoms with E-state index in [0.717, 1.165) is 0 Å². The minimum atomic E-state index is -1.31. The number of methoxy groups -OCH3 is 1. The van der Waals surface area contributed by atoms with Crippen LogP contribution in [0, 0.1) is 0 Å². The Hall–Kier alpha value is -0.283. The summed E-state index contributed by atoms with van der Waals surface area (Å²) in [6.07, 6.45) is 3.51. The van der Waals surface area contributed by atoms with Crippen LogP contribution in [-0.4, -0.2) is 22.0 Å². The first kappa shape index (κ1) is 9.72. The first-order valence-electron chi connectivity index (χ1n) is 3.38. The molecular formula is C7H16O2Si. The van der Waals surface area contributed by atoms with Gasteiger partial charge in [0.15, 0.2) is 8.32 Å². The highest BCUT2D eigenvalue weighted by atomic mass is 28.4. The summed E-state index contributed by atoms with van der Waals surface area (Å²) < 4.78 is 10.2. The first-order valence-corrected chi connectivity index (χ1v) is 6.79. The van der Waals surface area contributed by atoms with Crippen molar-refractivity contribution in [2.24, 2.45) is 0 Å². The Bertz CT molecular complexity index is 105. The van der Waals surface area contributed by atoms with E-state index in [0.29, 0.717) is 6.61 Å². The van der Waals surface area contributed by atoms with Gasteiger partial charge >= 0.3 is 0 Å². The average Bonchev–Trinajstić information content (AvgIpc) is 1.78. The molecule has 0 saturated carbocycles. The zero-order valence-electron chi connectivity index (χ0n) is 7.18. The molecule has 0 amide bonds. The quantitative estimate of drug-likeness (QED) is 0.462. The molecule has 0 spiro atoms. The Kier molecular flexibility index (Phi) is 4.39. The minimum Gasteiger partial charge on any atom is -0.505 e. The highest BCUT2D eigenvalue weighted by Gasteiger charge is 2.11. The second kappa shape index (κ2) is 4.52. The van der Waals surface area contributed by atoms with Crippen molar-refractivity contribution in [3.8, 4) is 0 Å². The smallest absolute Gasteiger partial charge is 0.184 e. The van der Waals surface area contributed by atoms with Crippen LogP contribution in [0.4, 0.5) is 0 Å². The van der Waals surface area contributed by atoms with Crippen molar-refractivity contribution in [2.45, 2.75) is 19.6 Å². The number of hydrogen-bond acceptors (Lipinski definition) is 2. The maximum Gasteiger partial charge on any atom is 0.184 e. The maximum absolute atomic E-state index is 5.50. The van der Waals surface area contributed by atoms with Crippen molar-refractivity contribution in [1.29, 1.82) is 0 Å². The van der Waals surface area contributed by atoms with Gasteiger partial charge in [-0.1, -0.05) is 0 Å². The van der Waals surface area contributed by atoms with Crippen LogP contribution in [0.5, 0.6) is 0 Å². The van der Waals surface area contributed by atoms with Crippen molar-refractivity contribution >= 4 is 8.32 Å². The summed E-state index contributed by atoms with van der Waals surface area (Å²) in [5, 5.41) is 0. The van der Waals surface area contributed by atoms with Gasteiger partial charge in [0.2, 0.25) is 0 Å². The summed E-state index contributed by atoms with van der Waals surface area (Å²) in [6, 6.07) is 0. The fourth-order valence-corrected chi connectivity index (χ4v) is 1.03. The van der Waals surface area contributed by atoms with Gasteiger partial charge in [0.05, 0.1) is 20.0 Å². The van der Waals surface area contributed by atoms with Crippen LogP contribution >= 0.6 is 0 Å². The third kappa shape index (κ3) is 7.72. The van der Waals surface area contributed by atoms with Crippen LogP contribution in [0.25, 0.3) is 0 Å². The Morgan fingerprint density at radius 1 is 1.30 bits per heavy atom. The number of hydrogen-bond donors (Lipinski definition) is 0. The third-order valence-electron chi connectivity index (χ3n) is 0.845. The Balaban J connectivity index is 3.28. The Morgan fingerprint density at radius 3 is 2.30 bits per heavy atom. The van der Waals surface area contributed by atoms with Crippen molar-refractivity contribution in [3.05, 3.63) is 12.3 Å². The summed E-state index contributed by atoms with van der Waals surface area (Å²) >= 11 is 0. The predicted octanol–water partition coefficient (Wildman–Crippen LogP) is 2.00. The molecule has 0 fully saturated rings. The molecule has 0 saturated heterocycles. The van der Waals surface area contributed by atoms with Gasteiger partial charge in [-0.05, 0) is 25.7 Å². The average molecular weight is 160 g/mol. The molecular weight excluding hydrogens is 144 g/mol. The van der Waals surface area contributed by atoms with Gasteiger partial charge in [-0.2, -0.15) is 0 Å². The fraction of sp³-hybridized carbons (Fsp3) is 0.714. The van der Waals surface area contributed by atoms with Crippen LogP contribution in [0.3, 0.4) is 0 Å². The second-order valence-corrected chi connectivity index (χ2v) is 7.54. The van der Waals surface area contributed by atoms with Gasteiger partial charge < -0.3 is 9.16 Å². The molecule has 2 nitrogen and oxygen atoms in total. The van der Waals surface area contributed by atoms with Crippen molar-refractivity contribution < 1.29 is 9.16 Å². The highest BCUT2D eigenvalue weighted by molar-refractivity contribution is 6.69. The van der Waals surface area contributed by atoms with Crippen LogP contribution < -0.4 is 0 Å². The lowest BCUT2D eigenvalue weighted by Gasteiger charge is -2.14. The SMILES string of the molecule is COC=CCO[Si](C)(C)C. The zero-order chi connectivity index (χ0) is 8.04. The van der Waals surface area contributed by atoms with Gasteiger partial charge in [0, 0.05) is 0 Å². The second-order valence-electron chi connectivity index (χ2n) is 3.03. The van der Waals surface area contributed by atoms with Crippen molar-refractivity contribution in [2.75, 3.05) is 13.7 Å². The molecule has 60 valence electrons. The van der Waals surface area contributed by atoms with E-state index in [1.807, 2.05) is 6.08 Å². The molecule has 0 aliphatic carbocycles. The summed E-state index contributed by atoms with van der Waals surface area (Å²) in [7, 11) is 0.316. The van der Waals surface area contributed by atoms with Gasteiger partial charge in [0.1, 0.15) is 0 Å². The summed E-state index contributed by atoms with van der Waals surface area (Å²) in [4.78, 5) is 0. The molecule has 0 heterocycles. The van der Waals surface area contributed by atoms with Gasteiger partial charge in [-0.15, -0.1) is 0 Å². The van der Waals surface area contributed by atoms with Crippen LogP contribution in [0.2, 0.25) is 19.6 Å². The molecule has 0 aromatic rings. The van der Waals surface area contributed by atoms with E-state index in [4.69, 9.17) is 9.16 Å². The highest BCUT2D eigenvalue weighted by Crippen LogP contribution is 2.01. The van der Waals surface area contributed by atoms with Gasteiger partial charge in [-0.25, -0.2) is 0 Å². The fourth-order valence-electron chi connectivity index (χ4n) is 0.434. The summed E-state index contributed by atoms with van der Waals surface area (Å²) in [6.45, 7) is 7.15. The molecule has 0 rings (SSSR count). The molecule has 0 N–H and O–H groups in total. The molecule has 0 radical (unpaired) electrons. The molecule has 0 aromatic heterocycles. The normalized spacial score (nSPS) is 12.4. The molecule has 0 bridgehead atoms. The van der Waals surface area contributed by atoms with Crippen LogP contribution in [-0.2, 0) is 9.16 Å². The molecule has 0 aliphatic rings. The van der Waals surface area contributed by atoms with E-state index in [-0.39, 0.29) is 0 Å². The Morgan fingerprint density at radius 2 is 1.90 bits per heavy atom. The van der Waals surface area contributed by atoms with Gasteiger partial charge in [-0.3, -0.25) is 0 Å². The number of ether oxygens (including phenoxy) is 1. The van der Waals surface area contributed by atoms with Gasteiger partial charge in [0.25, 0.3) is 0 Å². The third-order valence-corrected chi connectivity index (χ3v) is 1.88. The Labute approximate surface area is 64.0 Å². The van der Waals surface area contributed by atoms with E-state index in [2.05, 4.69) is 19.6 Å². The zero-order valence-corrected chi connectivity index (χ0v) is 8.18. The van der Waals surface area contributed by atoms with E-state index < -0.39 is 8.32 Å². The first-order chi connectivity index (χ1) is 4.56. The maximum atomic E-state index is 5.50. The van der Waals surface area contributed by atoms with Crippen LogP contribution in [0.1, 0.15) is 0 Å². The molecule has 0 unspecified atom stereocenters. The van der Waals surface area contributed by atoms with E-state index in [1.165, 1.54) is 0 Å². The van der Waals surface area contributed by atoms with Crippen molar-refractivity contribution in [3.63, 3.8) is 0 Å². The number of rotatable bonds is 4. The lowest BCUT2D eigenvalue weighted by Crippen LogP contribution is -2.25. The lowest BCUT2D eigenvalue weighted by molar-refractivity contribution is 0.320. The van der Waals surface area contributed by atoms with Crippen LogP contribution in [0.15, 0.2) is 12.3 Å². The summed E-state index contributed by atoms with van der Waals surface area (Å²) in [5.74, 6) is 0. The van der Waals surface area contributed by atoms with E-state index in [9.17, 15) is 0 Å². The van der Waals surface area contributed by atoms with E-state index in [1.54, 1.807) is 13.4 Å². The molecule has 3 heteroatoms. The predicted molar refractivity (Wildman–Crippen MR) is 45.4 cm³/mol. The topological polar surface area (TPSA) is 18.5 Å². The largest absolute Gasteiger partial charge is 0.505 e. The molecule has 0 aliphatic heterocycles. The standard InChI is InChI=1S/C7H16O2Si/c1-8-6-5-7-9-10(2,3)4/h5-6H,7H2,1-4H3. The lowest BCUT2D eigenvalue weighted by atomic mass is 10.7. The summed E-state index contributed by atoms with van der Waals surface area (Å²) in [5.41, 5.74) is 0.